The molecular weight excluding hydrogens is 431 g/mol. The normalized spacial score (nSPS) is 31.6. The molecule has 1 aliphatic heterocycles. The summed E-state index contributed by atoms with van der Waals surface area (Å²) in [7, 11) is 0. The highest BCUT2D eigenvalue weighted by molar-refractivity contribution is 6.31. The largest absolute Gasteiger partial charge is 0.294 e. The molecule has 1 aromatic carbocycles. The zero-order valence-electron chi connectivity index (χ0n) is 17.1. The summed E-state index contributed by atoms with van der Waals surface area (Å²) in [5.74, 6) is 0.374. The molecule has 5 aliphatic rings. The minimum Gasteiger partial charge on any atom is -0.294 e. The van der Waals surface area contributed by atoms with Crippen molar-refractivity contribution in [3.8, 4) is 0 Å². The lowest BCUT2D eigenvalue weighted by Gasteiger charge is -2.37. The molecule has 7 heteroatoms. The van der Waals surface area contributed by atoms with Gasteiger partial charge in [0.2, 0.25) is 11.8 Å². The van der Waals surface area contributed by atoms with E-state index in [1.807, 2.05) is 0 Å². The number of halogens is 2. The summed E-state index contributed by atoms with van der Waals surface area (Å²) in [6, 6.07) is 7.40. The number of aromatic nitrogens is 1. The molecule has 162 valence electrons. The quantitative estimate of drug-likeness (QED) is 0.388. The number of anilines is 1. The van der Waals surface area contributed by atoms with Crippen LogP contribution in [0, 0.1) is 41.3 Å². The van der Waals surface area contributed by atoms with Gasteiger partial charge in [-0.2, -0.15) is 0 Å². The average Bonchev–Trinajstić information content (AvgIpc) is 3.58. The number of aryl methyl sites for hydroxylation is 1. The maximum absolute atomic E-state index is 13.3. The fourth-order valence-electron chi connectivity index (χ4n) is 5.95. The molecule has 2 heterocycles. The van der Waals surface area contributed by atoms with Crippen LogP contribution in [0.25, 0.3) is 0 Å². The smallest absolute Gasteiger partial charge is 0.239 e. The number of rotatable bonds is 5. The maximum atomic E-state index is 13.3. The first kappa shape index (κ1) is 19.8. The van der Waals surface area contributed by atoms with Crippen LogP contribution in [0.4, 0.5) is 10.2 Å². The van der Waals surface area contributed by atoms with Gasteiger partial charge in [0, 0.05) is 18.2 Å². The molecular formula is C25H20ClFN2O3. The van der Waals surface area contributed by atoms with Crippen molar-refractivity contribution in [2.24, 2.45) is 35.5 Å². The first-order valence-corrected chi connectivity index (χ1v) is 11.3. The Morgan fingerprint density at radius 3 is 2.34 bits per heavy atom. The number of hydrogen-bond acceptors (Lipinski definition) is 4. The van der Waals surface area contributed by atoms with Crippen molar-refractivity contribution >= 4 is 35.0 Å². The molecule has 6 atom stereocenters. The summed E-state index contributed by atoms with van der Waals surface area (Å²) in [4.78, 5) is 44.3. The van der Waals surface area contributed by atoms with Crippen molar-refractivity contribution in [3.05, 3.63) is 70.6 Å². The van der Waals surface area contributed by atoms with Gasteiger partial charge in [-0.15, -0.1) is 0 Å². The zero-order chi connectivity index (χ0) is 22.1. The molecule has 32 heavy (non-hydrogen) atoms. The number of carbonyl (C=O) groups is 3. The first-order valence-electron chi connectivity index (χ1n) is 10.9. The predicted molar refractivity (Wildman–Crippen MR) is 115 cm³/mol. The number of Topliss-reactive ketones (excluding diaryl/α,β-unsaturated/α-hetero) is 1. The number of allylic oxidation sites excluding steroid dienone is 2. The Morgan fingerprint density at radius 2 is 1.75 bits per heavy atom. The molecule has 0 spiro atoms. The lowest BCUT2D eigenvalue weighted by atomic mass is 9.63. The molecule has 2 aromatic rings. The number of ketones is 1. The van der Waals surface area contributed by atoms with Crippen molar-refractivity contribution in [1.82, 2.24) is 4.98 Å². The van der Waals surface area contributed by atoms with E-state index in [0.29, 0.717) is 29.6 Å². The highest BCUT2D eigenvalue weighted by atomic mass is 35.5. The summed E-state index contributed by atoms with van der Waals surface area (Å²) >= 11 is 5.75. The molecule has 6 unspecified atom stereocenters. The van der Waals surface area contributed by atoms with E-state index >= 15 is 0 Å². The SMILES string of the molecule is O=C(CCc1ccc(N2C(=O)C3C4C=CC(C5CC45)C3C2=O)nc1)c1ccc(F)c(Cl)c1. The zero-order valence-corrected chi connectivity index (χ0v) is 17.8. The monoisotopic (exact) mass is 450 g/mol. The van der Waals surface area contributed by atoms with Gasteiger partial charge in [-0.3, -0.25) is 14.4 Å². The second-order valence-corrected chi connectivity index (χ2v) is 9.65. The van der Waals surface area contributed by atoms with Crippen LogP contribution in [0.1, 0.15) is 28.8 Å². The fraction of sp³-hybridized carbons (Fsp3) is 0.360. The van der Waals surface area contributed by atoms with Crippen molar-refractivity contribution in [2.45, 2.75) is 19.3 Å². The lowest BCUT2D eigenvalue weighted by molar-refractivity contribution is -0.124. The van der Waals surface area contributed by atoms with E-state index in [1.54, 1.807) is 18.3 Å². The van der Waals surface area contributed by atoms with Crippen LogP contribution >= 0.6 is 11.6 Å². The van der Waals surface area contributed by atoms with Gasteiger partial charge < -0.3 is 0 Å². The van der Waals surface area contributed by atoms with Crippen molar-refractivity contribution in [2.75, 3.05) is 4.90 Å². The van der Waals surface area contributed by atoms with E-state index in [9.17, 15) is 18.8 Å². The van der Waals surface area contributed by atoms with Gasteiger partial charge in [0.05, 0.1) is 16.9 Å². The Bertz CT molecular complexity index is 1160. The molecule has 4 aliphatic carbocycles. The lowest BCUT2D eigenvalue weighted by Crippen LogP contribution is -2.40. The van der Waals surface area contributed by atoms with Gasteiger partial charge in [-0.1, -0.05) is 29.8 Å². The van der Waals surface area contributed by atoms with Crippen molar-refractivity contribution in [1.29, 1.82) is 0 Å². The van der Waals surface area contributed by atoms with Gasteiger partial charge in [0.15, 0.2) is 5.78 Å². The van der Waals surface area contributed by atoms with Crippen LogP contribution in [0.5, 0.6) is 0 Å². The third-order valence-corrected chi connectivity index (χ3v) is 7.87. The van der Waals surface area contributed by atoms with Crippen LogP contribution in [-0.2, 0) is 16.0 Å². The summed E-state index contributed by atoms with van der Waals surface area (Å²) in [5.41, 5.74) is 1.17. The number of benzene rings is 1. The first-order chi connectivity index (χ1) is 15.4. The Balaban J connectivity index is 1.15. The highest BCUT2D eigenvalue weighted by Crippen LogP contribution is 2.65. The average molecular weight is 451 g/mol. The summed E-state index contributed by atoms with van der Waals surface area (Å²) in [5, 5.41) is -0.0803. The van der Waals surface area contributed by atoms with Gasteiger partial charge >= 0.3 is 0 Å². The van der Waals surface area contributed by atoms with Crippen LogP contribution in [0.3, 0.4) is 0 Å². The minimum atomic E-state index is -0.560. The number of hydrogen-bond donors (Lipinski definition) is 0. The molecule has 0 N–H and O–H groups in total. The van der Waals surface area contributed by atoms with Gasteiger partial charge in [-0.05, 0) is 66.3 Å². The van der Waals surface area contributed by atoms with E-state index in [4.69, 9.17) is 11.6 Å². The molecule has 7 rings (SSSR count). The summed E-state index contributed by atoms with van der Waals surface area (Å²) in [6.07, 6.45) is 7.68. The second kappa shape index (κ2) is 7.07. The van der Waals surface area contributed by atoms with E-state index in [2.05, 4.69) is 17.1 Å². The van der Waals surface area contributed by atoms with E-state index < -0.39 is 5.82 Å². The predicted octanol–water partition coefficient (Wildman–Crippen LogP) is 4.25. The number of pyridine rings is 1. The van der Waals surface area contributed by atoms with Crippen LogP contribution in [0.15, 0.2) is 48.7 Å². The van der Waals surface area contributed by atoms with E-state index in [1.165, 1.54) is 23.1 Å². The Labute approximate surface area is 189 Å². The fourth-order valence-corrected chi connectivity index (χ4v) is 6.13. The molecule has 2 amide bonds. The van der Waals surface area contributed by atoms with Crippen molar-refractivity contribution in [3.63, 3.8) is 0 Å². The summed E-state index contributed by atoms with van der Waals surface area (Å²) in [6.45, 7) is 0. The Hall–Kier alpha value is -2.86. The topological polar surface area (TPSA) is 67.3 Å². The third-order valence-electron chi connectivity index (χ3n) is 7.58. The molecule has 1 aromatic heterocycles. The van der Waals surface area contributed by atoms with Gasteiger partial charge in [0.1, 0.15) is 11.6 Å². The molecule has 2 saturated carbocycles. The minimum absolute atomic E-state index is 0.0803. The molecule has 2 bridgehead atoms. The summed E-state index contributed by atoms with van der Waals surface area (Å²) < 4.78 is 13.3. The number of nitrogens with zero attached hydrogens (tertiary/aromatic N) is 2. The van der Waals surface area contributed by atoms with Gasteiger partial charge in [-0.25, -0.2) is 14.3 Å². The number of carbonyl (C=O) groups excluding carboxylic acids is 3. The second-order valence-electron chi connectivity index (χ2n) is 9.24. The molecule has 1 saturated heterocycles. The third kappa shape index (κ3) is 2.89. The Morgan fingerprint density at radius 1 is 1.06 bits per heavy atom. The standard InChI is InChI=1S/C25H20ClFN2O3/c26-18-9-13(3-6-19(18)27)20(30)7-1-12-2-8-21(28-11-12)29-24(31)22-14-4-5-15(17-10-16(14)17)23(22)25(29)32/h2-6,8-9,11,14-17,22-23H,1,7,10H2. The van der Waals surface area contributed by atoms with Gasteiger partial charge in [0.25, 0.3) is 0 Å². The van der Waals surface area contributed by atoms with Crippen molar-refractivity contribution < 1.29 is 18.8 Å². The molecule has 5 nitrogen and oxygen atoms in total. The van der Waals surface area contributed by atoms with E-state index in [0.717, 1.165) is 12.0 Å². The highest BCUT2D eigenvalue weighted by Gasteiger charge is 2.67. The maximum Gasteiger partial charge on any atom is 0.239 e. The van der Waals surface area contributed by atoms with Crippen LogP contribution in [0.2, 0.25) is 5.02 Å². The van der Waals surface area contributed by atoms with Crippen LogP contribution in [-0.4, -0.2) is 22.6 Å². The number of imide groups is 1. The van der Waals surface area contributed by atoms with Crippen LogP contribution < -0.4 is 4.90 Å². The number of amides is 2. The Kier molecular flexibility index (Phi) is 4.37. The molecule has 3 fully saturated rings. The molecule has 0 radical (unpaired) electrons. The van der Waals surface area contributed by atoms with E-state index in [-0.39, 0.29) is 52.7 Å².